The second kappa shape index (κ2) is 15.4. The Morgan fingerprint density at radius 2 is 1.36 bits per heavy atom. The number of ketones is 3. The number of rotatable bonds is 2. The van der Waals surface area contributed by atoms with E-state index in [4.69, 9.17) is 0 Å². The molecule has 0 aromatic heterocycles. The summed E-state index contributed by atoms with van der Waals surface area (Å²) < 4.78 is 0. The van der Waals surface area contributed by atoms with Crippen LogP contribution in [-0.2, 0) is 4.79 Å². The lowest BCUT2D eigenvalue weighted by Gasteiger charge is -2.37. The lowest BCUT2D eigenvalue weighted by Crippen LogP contribution is -2.46. The lowest BCUT2D eigenvalue weighted by molar-refractivity contribution is -0.116. The third-order valence-corrected chi connectivity index (χ3v) is 9.39. The number of phenolic OH excluding ortho intramolecular Hbond substituents is 1. The maximum absolute atomic E-state index is 13.8. The number of fused-ring (bicyclic) bond motifs is 15. The average Bonchev–Trinajstić information content (AvgIpc) is 3.05. The minimum Gasteiger partial charge on any atom is -0.507 e. The van der Waals surface area contributed by atoms with Gasteiger partial charge in [-0.1, -0.05) is 52.0 Å². The highest BCUT2D eigenvalue weighted by Crippen LogP contribution is 2.36. The fourth-order valence-corrected chi connectivity index (χ4v) is 6.07. The number of carbonyl (C=O) groups excluding carboxylic acids is 4. The molecule has 0 radical (unpaired) electrons. The third kappa shape index (κ3) is 7.69. The highest BCUT2D eigenvalue weighted by Gasteiger charge is 2.39. The second-order valence-corrected chi connectivity index (χ2v) is 12.7. The summed E-state index contributed by atoms with van der Waals surface area (Å²) in [5, 5.41) is 78.1. The predicted molar refractivity (Wildman–Crippen MR) is 171 cm³/mol. The monoisotopic (exact) mass is 655 g/mol. The number of aliphatic hydroxyl groups is 6. The van der Waals surface area contributed by atoms with Crippen LogP contribution in [0.4, 0.5) is 0 Å². The molecule has 12 heteroatoms. The molecular weight excluding hydrogens is 610 g/mol. The van der Waals surface area contributed by atoms with E-state index in [9.17, 15) is 54.9 Å². The van der Waals surface area contributed by atoms with Crippen molar-refractivity contribution in [1.82, 2.24) is 5.32 Å². The summed E-state index contributed by atoms with van der Waals surface area (Å²) >= 11 is 0. The number of hydrogen-bond donors (Lipinski definition) is 8. The zero-order valence-electron chi connectivity index (χ0n) is 27.3. The van der Waals surface area contributed by atoms with E-state index < -0.39 is 113 Å². The number of aliphatic hydroxyl groups excluding tert-OH is 6. The number of amides is 1. The van der Waals surface area contributed by atoms with E-state index in [1.165, 1.54) is 39.0 Å². The fraction of sp³-hybridized carbons (Fsp3) is 0.486. The first-order valence-corrected chi connectivity index (χ1v) is 15.5. The van der Waals surface area contributed by atoms with Gasteiger partial charge in [-0.15, -0.1) is 0 Å². The van der Waals surface area contributed by atoms with Crippen LogP contribution in [0.5, 0.6) is 5.75 Å². The Bertz CT molecular complexity index is 1540. The molecule has 9 atom stereocenters. The predicted octanol–water partition coefficient (Wildman–Crippen LogP) is 1.29. The molecule has 1 aliphatic carbocycles. The molecule has 4 rings (SSSR count). The van der Waals surface area contributed by atoms with Crippen LogP contribution < -0.4 is 5.32 Å². The van der Waals surface area contributed by atoms with Crippen LogP contribution in [-0.4, -0.2) is 96.6 Å². The summed E-state index contributed by atoms with van der Waals surface area (Å²) in [4.78, 5) is 53.6. The van der Waals surface area contributed by atoms with E-state index in [2.05, 4.69) is 5.32 Å². The van der Waals surface area contributed by atoms with Crippen LogP contribution in [0.3, 0.4) is 0 Å². The van der Waals surface area contributed by atoms with Gasteiger partial charge in [-0.05, 0) is 25.5 Å². The van der Waals surface area contributed by atoms with Gasteiger partial charge in [0.25, 0.3) is 5.91 Å². The Balaban J connectivity index is 2.22. The maximum Gasteiger partial charge on any atom is 0.251 e. The van der Waals surface area contributed by atoms with Crippen molar-refractivity contribution in [2.24, 2.45) is 29.6 Å². The average molecular weight is 656 g/mol. The van der Waals surface area contributed by atoms with Crippen molar-refractivity contribution >= 4 is 23.3 Å². The molecule has 0 spiro atoms. The Labute approximate surface area is 273 Å². The number of carbonyl (C=O) groups is 4. The number of aryl methyl sites for hydroxylation is 1. The van der Waals surface area contributed by atoms with Gasteiger partial charge < -0.3 is 41.1 Å². The molecule has 8 N–H and O–H groups in total. The Hall–Kier alpha value is -3.78. The minimum atomic E-state index is -1.50. The van der Waals surface area contributed by atoms with Crippen molar-refractivity contribution < 1.29 is 54.9 Å². The molecular formula is C35H45NO11. The van der Waals surface area contributed by atoms with Gasteiger partial charge in [-0.25, -0.2) is 0 Å². The molecule has 0 saturated heterocycles. The molecule has 47 heavy (non-hydrogen) atoms. The third-order valence-electron chi connectivity index (χ3n) is 9.39. The van der Waals surface area contributed by atoms with Crippen molar-refractivity contribution in [2.45, 2.75) is 66.0 Å². The van der Waals surface area contributed by atoms with Crippen molar-refractivity contribution in [3.8, 4) is 5.75 Å². The maximum atomic E-state index is 13.8. The molecule has 1 amide bonds. The number of Topliss-reactive ketones (excluding diaryl/α,β-unsaturated/α-hetero) is 2. The quantitative estimate of drug-likeness (QED) is 0.227. The first kappa shape index (κ1) is 37.7. The number of allylic oxidation sites excluding steroid dienone is 4. The molecule has 0 fully saturated rings. The van der Waals surface area contributed by atoms with Gasteiger partial charge in [0, 0.05) is 57.9 Å². The topological polar surface area (TPSA) is 222 Å². The van der Waals surface area contributed by atoms with Crippen LogP contribution in [0.25, 0.3) is 0 Å². The Morgan fingerprint density at radius 3 is 1.94 bits per heavy atom. The summed E-state index contributed by atoms with van der Waals surface area (Å²) in [6, 6.07) is 1.21. The highest BCUT2D eigenvalue weighted by atomic mass is 16.3. The van der Waals surface area contributed by atoms with E-state index in [-0.39, 0.29) is 22.4 Å². The summed E-state index contributed by atoms with van der Waals surface area (Å²) in [7, 11) is 0. The number of aromatic hydroxyl groups is 1. The smallest absolute Gasteiger partial charge is 0.251 e. The fourth-order valence-electron chi connectivity index (χ4n) is 6.07. The van der Waals surface area contributed by atoms with Crippen molar-refractivity contribution in [3.63, 3.8) is 0 Å². The zero-order chi connectivity index (χ0) is 35.5. The first-order valence-electron chi connectivity index (χ1n) is 15.5. The van der Waals surface area contributed by atoms with E-state index in [1.807, 2.05) is 0 Å². The molecule has 2 aliphatic heterocycles. The van der Waals surface area contributed by atoms with Gasteiger partial charge in [-0.2, -0.15) is 0 Å². The van der Waals surface area contributed by atoms with Gasteiger partial charge in [-0.3, -0.25) is 19.2 Å². The summed E-state index contributed by atoms with van der Waals surface area (Å²) in [6.07, 6.45) is 1.33. The van der Waals surface area contributed by atoms with Gasteiger partial charge in [0.1, 0.15) is 5.75 Å². The van der Waals surface area contributed by atoms with Crippen molar-refractivity contribution in [2.75, 3.05) is 13.2 Å². The standard InChI is InChI=1S/C35H45NO11/c1-15-8-7-9-16(2)35(47)36-24-12-25(39)26-23(34(24)46)10-17(3)29(41)27(26)33(45)22(14-38)11-21(13-37)32(44)20(6)31(43)19(5)30(42)18(4)28(15)40/h7-12,15,18-21,28,30-32,37-38,40-44H,13-14H2,1-6H3,(H,36,47)/b8-7+,16-9-,22-11+/t15-,18+,19+,20-,21?,28-,30+,31+,32+/m0/s1. The molecule has 3 aliphatic rings. The molecule has 1 unspecified atom stereocenters. The van der Waals surface area contributed by atoms with Crippen LogP contribution in [0.15, 0.2) is 53.3 Å². The van der Waals surface area contributed by atoms with Crippen LogP contribution in [0.1, 0.15) is 71.3 Å². The number of hydrogen-bond acceptors (Lipinski definition) is 11. The van der Waals surface area contributed by atoms with Crippen LogP contribution >= 0.6 is 0 Å². The highest BCUT2D eigenvalue weighted by molar-refractivity contribution is 6.30. The van der Waals surface area contributed by atoms with Gasteiger partial charge in [0.05, 0.1) is 48.9 Å². The van der Waals surface area contributed by atoms with Gasteiger partial charge in [0.2, 0.25) is 5.78 Å². The molecule has 256 valence electrons. The van der Waals surface area contributed by atoms with Gasteiger partial charge in [0.15, 0.2) is 11.6 Å². The molecule has 1 aromatic rings. The summed E-state index contributed by atoms with van der Waals surface area (Å²) in [5.41, 5.74) is -1.84. The molecule has 2 heterocycles. The van der Waals surface area contributed by atoms with E-state index in [1.54, 1.807) is 26.8 Å². The molecule has 1 aromatic carbocycles. The van der Waals surface area contributed by atoms with Gasteiger partial charge >= 0.3 is 0 Å². The number of nitrogens with one attached hydrogen (secondary N) is 1. The summed E-state index contributed by atoms with van der Waals surface area (Å²) in [5.74, 6) is -8.39. The van der Waals surface area contributed by atoms with Crippen molar-refractivity contribution in [1.29, 1.82) is 0 Å². The van der Waals surface area contributed by atoms with E-state index in [0.717, 1.165) is 12.2 Å². The first-order chi connectivity index (χ1) is 22.0. The normalized spacial score (nSPS) is 34.6. The second-order valence-electron chi connectivity index (χ2n) is 12.7. The minimum absolute atomic E-state index is 0.0541. The molecule has 4 bridgehead atoms. The lowest BCUT2D eigenvalue weighted by atomic mass is 9.76. The van der Waals surface area contributed by atoms with E-state index in [0.29, 0.717) is 0 Å². The molecule has 0 saturated carbocycles. The Morgan fingerprint density at radius 1 is 0.787 bits per heavy atom. The summed E-state index contributed by atoms with van der Waals surface area (Å²) in [6.45, 7) is 7.51. The van der Waals surface area contributed by atoms with Crippen molar-refractivity contribution in [3.05, 3.63) is 75.5 Å². The number of benzene rings is 1. The van der Waals surface area contributed by atoms with Crippen LogP contribution in [0.2, 0.25) is 0 Å². The van der Waals surface area contributed by atoms with Crippen LogP contribution in [0, 0.1) is 36.5 Å². The molecule has 12 nitrogen and oxygen atoms in total. The SMILES string of the molecule is C/C1=C/C=C/[C@H](C)[C@H](O)[C@@H](C)[C@@H](O)[C@@H](C)[C@@H](O)[C@H](C)[C@@H](O)C(CO)/C=C(\CO)C(=O)c2c(O)c(C)cc3c2C(=O)C=C(NC1=O)C3=O. The Kier molecular flexibility index (Phi) is 12.4. The largest absolute Gasteiger partial charge is 0.507 e. The zero-order valence-corrected chi connectivity index (χ0v) is 27.3. The number of phenols is 1. The van der Waals surface area contributed by atoms with E-state index >= 15 is 0 Å².